The predicted molar refractivity (Wildman–Crippen MR) is 64.1 cm³/mol. The summed E-state index contributed by atoms with van der Waals surface area (Å²) in [6.45, 7) is 0.278. The Bertz CT molecular complexity index is 328. The van der Waals surface area contributed by atoms with E-state index in [1.54, 1.807) is 25.2 Å². The Balaban J connectivity index is 2.54. The van der Waals surface area contributed by atoms with E-state index in [2.05, 4.69) is 32.9 Å². The van der Waals surface area contributed by atoms with Gasteiger partial charge < -0.3 is 10.2 Å². The molecular weight excluding hydrogens is 293 g/mol. The van der Waals surface area contributed by atoms with Gasteiger partial charge in [-0.3, -0.25) is 4.79 Å². The Morgan fingerprint density at radius 3 is 2.93 bits per heavy atom. The number of halogens is 1. The molecule has 5 heteroatoms. The van der Waals surface area contributed by atoms with Crippen LogP contribution in [0.3, 0.4) is 0 Å². The zero-order valence-corrected chi connectivity index (χ0v) is 10.3. The first-order valence-corrected chi connectivity index (χ1v) is 5.23. The van der Waals surface area contributed by atoms with Gasteiger partial charge in [0.05, 0.1) is 10.1 Å². The Hall–Kier alpha value is -0.850. The summed E-state index contributed by atoms with van der Waals surface area (Å²) in [7, 11) is 3.46. The summed E-state index contributed by atoms with van der Waals surface area (Å²) in [4.78, 5) is 16.9. The van der Waals surface area contributed by atoms with Gasteiger partial charge in [0.15, 0.2) is 0 Å². The van der Waals surface area contributed by atoms with Crippen molar-refractivity contribution in [2.75, 3.05) is 26.0 Å². The van der Waals surface area contributed by atoms with Gasteiger partial charge in [-0.2, -0.15) is 0 Å². The van der Waals surface area contributed by atoms with Crippen LogP contribution in [0.1, 0.15) is 0 Å². The minimum Gasteiger partial charge on any atom is -0.360 e. The molecule has 0 spiro atoms. The molecule has 0 radical (unpaired) electrons. The van der Waals surface area contributed by atoms with E-state index >= 15 is 0 Å². The standard InChI is InChI=1S/C9H12IN3O/c1-13(2)8(14)6-12-9-7(10)4-3-5-11-9/h3-5H,6H2,1-2H3,(H,11,12). The van der Waals surface area contributed by atoms with Crippen molar-refractivity contribution in [2.45, 2.75) is 0 Å². The summed E-state index contributed by atoms with van der Waals surface area (Å²) >= 11 is 2.17. The van der Waals surface area contributed by atoms with Crippen LogP contribution in [0.5, 0.6) is 0 Å². The Morgan fingerprint density at radius 2 is 2.36 bits per heavy atom. The SMILES string of the molecule is CN(C)C(=O)CNc1ncccc1I. The molecule has 0 atom stereocenters. The third-order valence-electron chi connectivity index (χ3n) is 1.66. The third-order valence-corrected chi connectivity index (χ3v) is 2.53. The number of pyridine rings is 1. The van der Waals surface area contributed by atoms with Gasteiger partial charge in [-0.15, -0.1) is 0 Å². The molecule has 0 fully saturated rings. The quantitative estimate of drug-likeness (QED) is 0.853. The van der Waals surface area contributed by atoms with Crippen LogP contribution >= 0.6 is 22.6 Å². The first-order valence-electron chi connectivity index (χ1n) is 4.16. The van der Waals surface area contributed by atoms with Crippen LogP contribution in [-0.4, -0.2) is 36.4 Å². The molecule has 1 heterocycles. The van der Waals surface area contributed by atoms with Gasteiger partial charge >= 0.3 is 0 Å². The first kappa shape index (κ1) is 11.2. The maximum absolute atomic E-state index is 11.3. The first-order chi connectivity index (χ1) is 6.61. The monoisotopic (exact) mass is 305 g/mol. The average Bonchev–Trinajstić information content (AvgIpc) is 2.16. The van der Waals surface area contributed by atoms with Gasteiger partial charge in [-0.25, -0.2) is 4.98 Å². The highest BCUT2D eigenvalue weighted by atomic mass is 127. The molecule has 1 aromatic heterocycles. The van der Waals surface area contributed by atoms with E-state index in [0.717, 1.165) is 9.39 Å². The number of aromatic nitrogens is 1. The normalized spacial score (nSPS) is 9.64. The number of anilines is 1. The highest BCUT2D eigenvalue weighted by Gasteiger charge is 2.05. The van der Waals surface area contributed by atoms with Crippen LogP contribution in [0.25, 0.3) is 0 Å². The largest absolute Gasteiger partial charge is 0.360 e. The molecule has 0 aliphatic carbocycles. The molecule has 0 bridgehead atoms. The molecule has 0 aliphatic heterocycles. The minimum atomic E-state index is 0.0338. The second kappa shape index (κ2) is 5.14. The Labute approximate surface area is 96.8 Å². The number of likely N-dealkylation sites (N-methyl/N-ethyl adjacent to an activating group) is 1. The van der Waals surface area contributed by atoms with Crippen LogP contribution in [0.4, 0.5) is 5.82 Å². The van der Waals surface area contributed by atoms with Crippen LogP contribution < -0.4 is 5.32 Å². The molecular formula is C9H12IN3O. The van der Waals surface area contributed by atoms with Gasteiger partial charge in [-0.05, 0) is 34.7 Å². The predicted octanol–water partition coefficient (Wildman–Crippen LogP) is 1.19. The molecule has 0 aromatic carbocycles. The van der Waals surface area contributed by atoms with E-state index in [9.17, 15) is 4.79 Å². The summed E-state index contributed by atoms with van der Waals surface area (Å²) in [5.74, 6) is 0.787. The minimum absolute atomic E-state index is 0.0338. The van der Waals surface area contributed by atoms with E-state index < -0.39 is 0 Å². The fourth-order valence-electron chi connectivity index (χ4n) is 0.833. The molecule has 0 saturated carbocycles. The molecule has 0 unspecified atom stereocenters. The van der Waals surface area contributed by atoms with Crippen LogP contribution in [-0.2, 0) is 4.79 Å². The fraction of sp³-hybridized carbons (Fsp3) is 0.333. The number of carbonyl (C=O) groups excluding carboxylic acids is 1. The number of rotatable bonds is 3. The highest BCUT2D eigenvalue weighted by molar-refractivity contribution is 14.1. The van der Waals surface area contributed by atoms with Crippen molar-refractivity contribution in [3.63, 3.8) is 0 Å². The lowest BCUT2D eigenvalue weighted by Gasteiger charge is -2.11. The zero-order chi connectivity index (χ0) is 10.6. The summed E-state index contributed by atoms with van der Waals surface area (Å²) in [5.41, 5.74) is 0. The Morgan fingerprint density at radius 1 is 1.64 bits per heavy atom. The van der Waals surface area contributed by atoms with E-state index in [0.29, 0.717) is 0 Å². The van der Waals surface area contributed by atoms with E-state index in [1.807, 2.05) is 12.1 Å². The lowest BCUT2D eigenvalue weighted by atomic mass is 10.4. The summed E-state index contributed by atoms with van der Waals surface area (Å²) < 4.78 is 1.01. The summed E-state index contributed by atoms with van der Waals surface area (Å²) in [6.07, 6.45) is 1.70. The van der Waals surface area contributed by atoms with Crippen molar-refractivity contribution in [3.05, 3.63) is 21.9 Å². The average molecular weight is 305 g/mol. The lowest BCUT2D eigenvalue weighted by Crippen LogP contribution is -2.29. The fourth-order valence-corrected chi connectivity index (χ4v) is 1.37. The maximum atomic E-state index is 11.3. The molecule has 14 heavy (non-hydrogen) atoms. The smallest absolute Gasteiger partial charge is 0.241 e. The van der Waals surface area contributed by atoms with Gasteiger partial charge in [0, 0.05) is 20.3 Å². The molecule has 1 N–H and O–H groups in total. The second-order valence-electron chi connectivity index (χ2n) is 2.98. The number of nitrogens with zero attached hydrogens (tertiary/aromatic N) is 2. The molecule has 0 saturated heterocycles. The number of hydrogen-bond donors (Lipinski definition) is 1. The highest BCUT2D eigenvalue weighted by Crippen LogP contribution is 2.12. The van der Waals surface area contributed by atoms with Crippen LogP contribution in [0.15, 0.2) is 18.3 Å². The lowest BCUT2D eigenvalue weighted by molar-refractivity contribution is -0.126. The number of nitrogens with one attached hydrogen (secondary N) is 1. The van der Waals surface area contributed by atoms with Gasteiger partial charge in [0.2, 0.25) is 5.91 Å². The zero-order valence-electron chi connectivity index (χ0n) is 8.12. The third kappa shape index (κ3) is 3.13. The Kier molecular flexibility index (Phi) is 4.12. The van der Waals surface area contributed by atoms with Crippen LogP contribution in [0, 0.1) is 3.57 Å². The molecule has 1 rings (SSSR count). The summed E-state index contributed by atoms with van der Waals surface area (Å²) in [6, 6.07) is 3.80. The van der Waals surface area contributed by atoms with Crippen molar-refractivity contribution in [3.8, 4) is 0 Å². The van der Waals surface area contributed by atoms with E-state index in [-0.39, 0.29) is 12.5 Å². The molecule has 76 valence electrons. The topological polar surface area (TPSA) is 45.2 Å². The van der Waals surface area contributed by atoms with Crippen LogP contribution in [0.2, 0.25) is 0 Å². The van der Waals surface area contributed by atoms with E-state index in [4.69, 9.17) is 0 Å². The second-order valence-corrected chi connectivity index (χ2v) is 4.14. The number of hydrogen-bond acceptors (Lipinski definition) is 3. The van der Waals surface area contributed by atoms with Crippen molar-refractivity contribution in [1.29, 1.82) is 0 Å². The molecule has 1 aromatic rings. The summed E-state index contributed by atoms with van der Waals surface area (Å²) in [5, 5.41) is 2.98. The number of amides is 1. The van der Waals surface area contributed by atoms with Crippen molar-refractivity contribution in [2.24, 2.45) is 0 Å². The van der Waals surface area contributed by atoms with Crippen molar-refractivity contribution in [1.82, 2.24) is 9.88 Å². The van der Waals surface area contributed by atoms with Crippen molar-refractivity contribution >= 4 is 34.3 Å². The van der Waals surface area contributed by atoms with Gasteiger partial charge in [0.25, 0.3) is 0 Å². The molecule has 0 aliphatic rings. The molecule has 1 amide bonds. The number of carbonyl (C=O) groups is 1. The van der Waals surface area contributed by atoms with Gasteiger partial charge in [0.1, 0.15) is 5.82 Å². The molecule has 4 nitrogen and oxygen atoms in total. The maximum Gasteiger partial charge on any atom is 0.241 e. The van der Waals surface area contributed by atoms with Crippen molar-refractivity contribution < 1.29 is 4.79 Å². The van der Waals surface area contributed by atoms with E-state index in [1.165, 1.54) is 0 Å². The van der Waals surface area contributed by atoms with Gasteiger partial charge in [-0.1, -0.05) is 0 Å².